The Balaban J connectivity index is 1.75. The number of hydrogen-bond acceptors (Lipinski definition) is 4. The van der Waals surface area contributed by atoms with Crippen LogP contribution < -0.4 is 5.32 Å². The highest BCUT2D eigenvalue weighted by Crippen LogP contribution is 2.33. The third-order valence-electron chi connectivity index (χ3n) is 3.78. The van der Waals surface area contributed by atoms with E-state index in [9.17, 15) is 14.0 Å². The second-order valence-electron chi connectivity index (χ2n) is 5.57. The van der Waals surface area contributed by atoms with Gasteiger partial charge in [-0.15, -0.1) is 11.3 Å². The average molecular weight is 357 g/mol. The molecule has 1 atom stereocenters. The van der Waals surface area contributed by atoms with Gasteiger partial charge in [0.15, 0.2) is 6.10 Å². The van der Waals surface area contributed by atoms with E-state index in [1.54, 1.807) is 43.3 Å². The number of nitrogens with one attached hydrogen (secondary N) is 1. The van der Waals surface area contributed by atoms with Gasteiger partial charge in [0.2, 0.25) is 0 Å². The van der Waals surface area contributed by atoms with Crippen molar-refractivity contribution in [2.45, 2.75) is 20.0 Å². The number of para-hydroxylation sites is 1. The molecule has 3 aromatic rings. The third-order valence-corrected chi connectivity index (χ3v) is 5.02. The van der Waals surface area contributed by atoms with Crippen molar-refractivity contribution >= 4 is 39.0 Å². The molecule has 0 unspecified atom stereocenters. The van der Waals surface area contributed by atoms with Crippen molar-refractivity contribution in [3.05, 3.63) is 64.8 Å². The fourth-order valence-electron chi connectivity index (χ4n) is 2.48. The van der Waals surface area contributed by atoms with Crippen molar-refractivity contribution in [2.75, 3.05) is 5.32 Å². The Morgan fingerprint density at radius 2 is 1.84 bits per heavy atom. The molecule has 1 amide bonds. The molecule has 1 aromatic heterocycles. The summed E-state index contributed by atoms with van der Waals surface area (Å²) in [6.07, 6.45) is -0.970. The summed E-state index contributed by atoms with van der Waals surface area (Å²) in [5.41, 5.74) is 1.15. The van der Waals surface area contributed by atoms with Crippen LogP contribution in [0.15, 0.2) is 48.5 Å². The molecule has 0 saturated carbocycles. The number of benzene rings is 2. The van der Waals surface area contributed by atoms with Gasteiger partial charge in [-0.25, -0.2) is 9.18 Å². The van der Waals surface area contributed by atoms with Crippen LogP contribution in [-0.2, 0) is 9.53 Å². The van der Waals surface area contributed by atoms with Gasteiger partial charge in [-0.2, -0.15) is 0 Å². The minimum absolute atomic E-state index is 0.305. The van der Waals surface area contributed by atoms with Crippen molar-refractivity contribution < 1.29 is 18.7 Å². The minimum Gasteiger partial charge on any atom is -0.448 e. The van der Waals surface area contributed by atoms with Gasteiger partial charge in [0.05, 0.1) is 0 Å². The molecule has 1 heterocycles. The average Bonchev–Trinajstić information content (AvgIpc) is 2.94. The van der Waals surface area contributed by atoms with Gasteiger partial charge in [0, 0.05) is 15.8 Å². The van der Waals surface area contributed by atoms with E-state index >= 15 is 0 Å². The molecule has 0 spiro atoms. The number of esters is 1. The number of fused-ring (bicyclic) bond motifs is 1. The SMILES string of the molecule is Cc1c(C(=O)O[C@@H](C)C(=O)Nc2ccccc2)sc2cccc(F)c12. The Kier molecular flexibility index (Phi) is 4.81. The maximum atomic E-state index is 13.9. The first kappa shape index (κ1) is 17.1. The van der Waals surface area contributed by atoms with Gasteiger partial charge >= 0.3 is 5.97 Å². The number of anilines is 1. The quantitative estimate of drug-likeness (QED) is 0.698. The Bertz CT molecular complexity index is 936. The Morgan fingerprint density at radius 1 is 1.12 bits per heavy atom. The zero-order valence-electron chi connectivity index (χ0n) is 13.7. The van der Waals surface area contributed by atoms with Crippen LogP contribution in [0.4, 0.5) is 10.1 Å². The number of halogens is 1. The van der Waals surface area contributed by atoms with Crippen LogP contribution in [0.3, 0.4) is 0 Å². The van der Waals surface area contributed by atoms with Crippen molar-refractivity contribution in [1.29, 1.82) is 0 Å². The molecule has 0 fully saturated rings. The second-order valence-corrected chi connectivity index (χ2v) is 6.62. The summed E-state index contributed by atoms with van der Waals surface area (Å²) in [4.78, 5) is 24.9. The molecule has 25 heavy (non-hydrogen) atoms. The van der Waals surface area contributed by atoms with Crippen LogP contribution in [0.25, 0.3) is 10.1 Å². The van der Waals surface area contributed by atoms with Crippen LogP contribution in [0.1, 0.15) is 22.2 Å². The summed E-state index contributed by atoms with van der Waals surface area (Å²) in [5.74, 6) is -1.43. The largest absolute Gasteiger partial charge is 0.448 e. The first-order valence-electron chi connectivity index (χ1n) is 7.72. The van der Waals surface area contributed by atoms with Gasteiger partial charge < -0.3 is 10.1 Å². The number of carbonyl (C=O) groups is 2. The molecule has 0 aliphatic rings. The monoisotopic (exact) mass is 357 g/mol. The van der Waals surface area contributed by atoms with Gasteiger partial charge in [0.1, 0.15) is 10.7 Å². The Labute approximate surface area is 148 Å². The smallest absolute Gasteiger partial charge is 0.349 e. The molecule has 0 aliphatic carbocycles. The third kappa shape index (κ3) is 3.53. The molecule has 2 aromatic carbocycles. The standard InChI is InChI=1S/C19H16FNO3S/c1-11-16-14(20)9-6-10-15(16)25-17(11)19(23)24-12(2)18(22)21-13-7-4-3-5-8-13/h3-10,12H,1-2H3,(H,21,22)/t12-/m0/s1. The normalized spacial score (nSPS) is 12.0. The summed E-state index contributed by atoms with van der Waals surface area (Å²) in [6, 6.07) is 13.6. The Hall–Kier alpha value is -2.73. The topological polar surface area (TPSA) is 55.4 Å². The number of carbonyl (C=O) groups excluding carboxylic acids is 2. The predicted molar refractivity (Wildman–Crippen MR) is 96.5 cm³/mol. The van der Waals surface area contributed by atoms with Crippen LogP contribution in [0.2, 0.25) is 0 Å². The van der Waals surface area contributed by atoms with E-state index in [1.807, 2.05) is 6.07 Å². The zero-order chi connectivity index (χ0) is 18.0. The fraction of sp³-hybridized carbons (Fsp3) is 0.158. The number of rotatable bonds is 4. The van der Waals surface area contributed by atoms with Crippen LogP contribution in [0, 0.1) is 12.7 Å². The van der Waals surface area contributed by atoms with Crippen LogP contribution in [0.5, 0.6) is 0 Å². The zero-order valence-corrected chi connectivity index (χ0v) is 14.5. The van der Waals surface area contributed by atoms with Crippen molar-refractivity contribution in [1.82, 2.24) is 0 Å². The molecule has 4 nitrogen and oxygen atoms in total. The molecule has 0 aliphatic heterocycles. The van der Waals surface area contributed by atoms with Gasteiger partial charge in [-0.3, -0.25) is 4.79 Å². The van der Waals surface area contributed by atoms with Gasteiger partial charge in [-0.05, 0) is 43.7 Å². The lowest BCUT2D eigenvalue weighted by molar-refractivity contribution is -0.123. The summed E-state index contributed by atoms with van der Waals surface area (Å²) in [5, 5.41) is 3.09. The number of ether oxygens (including phenoxy) is 1. The lowest BCUT2D eigenvalue weighted by atomic mass is 10.1. The van der Waals surface area contributed by atoms with Crippen molar-refractivity contribution in [3.63, 3.8) is 0 Å². The summed E-state index contributed by atoms with van der Waals surface area (Å²) >= 11 is 1.16. The van der Waals surface area contributed by atoms with E-state index < -0.39 is 18.0 Å². The van der Waals surface area contributed by atoms with Gasteiger partial charge in [-0.1, -0.05) is 24.3 Å². The minimum atomic E-state index is -0.970. The first-order valence-corrected chi connectivity index (χ1v) is 8.53. The highest BCUT2D eigenvalue weighted by molar-refractivity contribution is 7.21. The van der Waals surface area contributed by atoms with E-state index in [0.717, 1.165) is 11.3 Å². The van der Waals surface area contributed by atoms with E-state index in [4.69, 9.17) is 4.74 Å². The maximum Gasteiger partial charge on any atom is 0.349 e. The number of amides is 1. The molecular formula is C19H16FNO3S. The molecular weight excluding hydrogens is 341 g/mol. The molecule has 6 heteroatoms. The predicted octanol–water partition coefficient (Wildman–Crippen LogP) is 4.53. The van der Waals surface area contributed by atoms with Crippen LogP contribution >= 0.6 is 11.3 Å². The summed E-state index contributed by atoms with van der Waals surface area (Å²) in [6.45, 7) is 3.17. The molecule has 3 rings (SSSR count). The highest BCUT2D eigenvalue weighted by atomic mass is 32.1. The van der Waals surface area contributed by atoms with Gasteiger partial charge in [0.25, 0.3) is 5.91 Å². The van der Waals surface area contributed by atoms with Crippen molar-refractivity contribution in [3.8, 4) is 0 Å². The molecule has 1 N–H and O–H groups in total. The second kappa shape index (κ2) is 7.03. The number of aryl methyl sites for hydroxylation is 1. The first-order chi connectivity index (χ1) is 12.0. The molecule has 0 bridgehead atoms. The molecule has 0 saturated heterocycles. The van der Waals surface area contributed by atoms with Crippen molar-refractivity contribution in [2.24, 2.45) is 0 Å². The molecule has 128 valence electrons. The Morgan fingerprint density at radius 3 is 2.52 bits per heavy atom. The lowest BCUT2D eigenvalue weighted by Crippen LogP contribution is -2.29. The molecule has 0 radical (unpaired) electrons. The maximum absolute atomic E-state index is 13.9. The lowest BCUT2D eigenvalue weighted by Gasteiger charge is -2.13. The van der Waals surface area contributed by atoms with E-state index in [1.165, 1.54) is 13.0 Å². The summed E-state index contributed by atoms with van der Waals surface area (Å²) in [7, 11) is 0. The summed E-state index contributed by atoms with van der Waals surface area (Å²) < 4.78 is 19.9. The van der Waals surface area contributed by atoms with E-state index in [2.05, 4.69) is 5.32 Å². The van der Waals surface area contributed by atoms with E-state index in [0.29, 0.717) is 26.2 Å². The van der Waals surface area contributed by atoms with E-state index in [-0.39, 0.29) is 5.82 Å². The highest BCUT2D eigenvalue weighted by Gasteiger charge is 2.23. The number of hydrogen-bond donors (Lipinski definition) is 1. The number of thiophene rings is 1. The van der Waals surface area contributed by atoms with Crippen LogP contribution in [-0.4, -0.2) is 18.0 Å². The fourth-order valence-corrected chi connectivity index (χ4v) is 3.59.